The molecule has 0 saturated heterocycles. The number of hydrogen-bond acceptors (Lipinski definition) is 3. The van der Waals surface area contributed by atoms with E-state index in [9.17, 15) is 0 Å². The van der Waals surface area contributed by atoms with Crippen molar-refractivity contribution in [3.05, 3.63) is 29.8 Å². The standard InChI is InChI=1S/C14H22N2O/c15-11-12-4-3-7-14(10-12)17-9-8-16-13-5-1-2-6-13/h3-4,7,10,13,16H,1-2,5-6,8-9,11,15H2. The molecule has 1 fully saturated rings. The molecule has 94 valence electrons. The molecule has 1 aliphatic rings. The van der Waals surface area contributed by atoms with E-state index in [1.54, 1.807) is 0 Å². The first-order valence-electron chi connectivity index (χ1n) is 6.53. The number of nitrogens with two attached hydrogens (primary N) is 1. The van der Waals surface area contributed by atoms with Gasteiger partial charge in [-0.3, -0.25) is 0 Å². The van der Waals surface area contributed by atoms with Gasteiger partial charge in [0.2, 0.25) is 0 Å². The Hall–Kier alpha value is -1.06. The third kappa shape index (κ3) is 4.02. The van der Waals surface area contributed by atoms with Crippen LogP contribution in [0.15, 0.2) is 24.3 Å². The van der Waals surface area contributed by atoms with Gasteiger partial charge in [0.25, 0.3) is 0 Å². The quantitative estimate of drug-likeness (QED) is 0.741. The molecule has 3 N–H and O–H groups in total. The normalized spacial score (nSPS) is 16.3. The van der Waals surface area contributed by atoms with E-state index >= 15 is 0 Å². The van der Waals surface area contributed by atoms with Crippen molar-refractivity contribution in [2.75, 3.05) is 13.2 Å². The predicted molar refractivity (Wildman–Crippen MR) is 70.1 cm³/mol. The second kappa shape index (κ2) is 6.62. The van der Waals surface area contributed by atoms with Gasteiger partial charge in [-0.1, -0.05) is 25.0 Å². The molecule has 0 heterocycles. The van der Waals surface area contributed by atoms with Crippen LogP contribution in [0.25, 0.3) is 0 Å². The van der Waals surface area contributed by atoms with Crippen LogP contribution in [0.4, 0.5) is 0 Å². The molecule has 0 aliphatic heterocycles. The van der Waals surface area contributed by atoms with Gasteiger partial charge in [-0.25, -0.2) is 0 Å². The Labute approximate surface area is 103 Å². The fourth-order valence-electron chi connectivity index (χ4n) is 2.32. The fourth-order valence-corrected chi connectivity index (χ4v) is 2.32. The zero-order valence-corrected chi connectivity index (χ0v) is 10.3. The average molecular weight is 234 g/mol. The van der Waals surface area contributed by atoms with Crippen LogP contribution in [0.3, 0.4) is 0 Å². The van der Waals surface area contributed by atoms with Gasteiger partial charge >= 0.3 is 0 Å². The van der Waals surface area contributed by atoms with Crippen LogP contribution in [0.5, 0.6) is 5.75 Å². The van der Waals surface area contributed by atoms with Crippen LogP contribution in [0.2, 0.25) is 0 Å². The van der Waals surface area contributed by atoms with Crippen molar-refractivity contribution in [2.45, 2.75) is 38.3 Å². The van der Waals surface area contributed by atoms with Crippen LogP contribution in [0.1, 0.15) is 31.2 Å². The summed E-state index contributed by atoms with van der Waals surface area (Å²) in [6.45, 7) is 2.22. The highest BCUT2D eigenvalue weighted by atomic mass is 16.5. The van der Waals surface area contributed by atoms with Crippen molar-refractivity contribution in [3.8, 4) is 5.75 Å². The summed E-state index contributed by atoms with van der Waals surface area (Å²) in [5.74, 6) is 0.918. The van der Waals surface area contributed by atoms with Crippen LogP contribution >= 0.6 is 0 Å². The van der Waals surface area contributed by atoms with Crippen molar-refractivity contribution in [1.82, 2.24) is 5.32 Å². The molecular weight excluding hydrogens is 212 g/mol. The lowest BCUT2D eigenvalue weighted by atomic mass is 10.2. The zero-order valence-electron chi connectivity index (χ0n) is 10.3. The number of ether oxygens (including phenoxy) is 1. The van der Waals surface area contributed by atoms with E-state index in [1.165, 1.54) is 25.7 Å². The molecule has 1 saturated carbocycles. The first-order valence-corrected chi connectivity index (χ1v) is 6.53. The second-order valence-corrected chi connectivity index (χ2v) is 4.64. The molecule has 0 aromatic heterocycles. The number of hydrogen-bond donors (Lipinski definition) is 2. The third-order valence-electron chi connectivity index (χ3n) is 3.29. The summed E-state index contributed by atoms with van der Waals surface area (Å²) in [5, 5.41) is 3.53. The van der Waals surface area contributed by atoms with Gasteiger partial charge in [-0.2, -0.15) is 0 Å². The van der Waals surface area contributed by atoms with E-state index in [0.29, 0.717) is 12.6 Å². The van der Waals surface area contributed by atoms with Crippen molar-refractivity contribution in [3.63, 3.8) is 0 Å². The molecule has 0 bridgehead atoms. The molecule has 0 spiro atoms. The highest BCUT2D eigenvalue weighted by Gasteiger charge is 2.13. The largest absolute Gasteiger partial charge is 0.492 e. The molecule has 0 atom stereocenters. The van der Waals surface area contributed by atoms with Gasteiger partial charge in [0.15, 0.2) is 0 Å². The predicted octanol–water partition coefficient (Wildman–Crippen LogP) is 2.06. The summed E-state index contributed by atoms with van der Waals surface area (Å²) in [5.41, 5.74) is 6.71. The highest BCUT2D eigenvalue weighted by Crippen LogP contribution is 2.17. The SMILES string of the molecule is NCc1cccc(OCCNC2CCCC2)c1. The van der Waals surface area contributed by atoms with Crippen LogP contribution < -0.4 is 15.8 Å². The van der Waals surface area contributed by atoms with Gasteiger partial charge in [0, 0.05) is 19.1 Å². The summed E-state index contributed by atoms with van der Waals surface area (Å²) in [7, 11) is 0. The molecule has 0 radical (unpaired) electrons. The molecule has 2 rings (SSSR count). The Morgan fingerprint density at radius 2 is 2.12 bits per heavy atom. The summed E-state index contributed by atoms with van der Waals surface area (Å²) in [4.78, 5) is 0. The first kappa shape index (κ1) is 12.4. The average Bonchev–Trinajstić information content (AvgIpc) is 2.88. The number of nitrogens with one attached hydrogen (secondary N) is 1. The maximum atomic E-state index is 5.69. The minimum Gasteiger partial charge on any atom is -0.492 e. The molecule has 1 aromatic rings. The van der Waals surface area contributed by atoms with Crippen molar-refractivity contribution in [1.29, 1.82) is 0 Å². The molecule has 1 aliphatic carbocycles. The third-order valence-corrected chi connectivity index (χ3v) is 3.29. The number of benzene rings is 1. The van der Waals surface area contributed by atoms with Gasteiger partial charge in [0.05, 0.1) is 0 Å². The maximum absolute atomic E-state index is 5.69. The lowest BCUT2D eigenvalue weighted by Crippen LogP contribution is -2.30. The Morgan fingerprint density at radius 3 is 2.88 bits per heavy atom. The molecule has 0 unspecified atom stereocenters. The Kier molecular flexibility index (Phi) is 4.83. The maximum Gasteiger partial charge on any atom is 0.119 e. The summed E-state index contributed by atoms with van der Waals surface area (Å²) < 4.78 is 5.69. The lowest BCUT2D eigenvalue weighted by molar-refractivity contribution is 0.305. The van der Waals surface area contributed by atoms with Crippen molar-refractivity contribution in [2.24, 2.45) is 5.73 Å². The minimum atomic E-state index is 0.567. The Balaban J connectivity index is 1.66. The van der Waals surface area contributed by atoms with Gasteiger partial charge in [-0.15, -0.1) is 0 Å². The summed E-state index contributed by atoms with van der Waals surface area (Å²) in [6.07, 6.45) is 5.39. The zero-order chi connectivity index (χ0) is 11.9. The van der Waals surface area contributed by atoms with Crippen LogP contribution in [-0.2, 0) is 6.54 Å². The Bertz CT molecular complexity index is 335. The van der Waals surface area contributed by atoms with Crippen LogP contribution in [-0.4, -0.2) is 19.2 Å². The van der Waals surface area contributed by atoms with Crippen molar-refractivity contribution < 1.29 is 4.74 Å². The Morgan fingerprint density at radius 1 is 1.29 bits per heavy atom. The molecular formula is C14H22N2O. The first-order chi connectivity index (χ1) is 8.38. The van der Waals surface area contributed by atoms with E-state index in [-0.39, 0.29) is 0 Å². The van der Waals surface area contributed by atoms with Crippen LogP contribution in [0, 0.1) is 0 Å². The van der Waals surface area contributed by atoms with Gasteiger partial charge in [-0.05, 0) is 30.5 Å². The van der Waals surface area contributed by atoms with Crippen molar-refractivity contribution >= 4 is 0 Å². The minimum absolute atomic E-state index is 0.567. The van der Waals surface area contributed by atoms with E-state index in [0.717, 1.165) is 24.5 Å². The fraction of sp³-hybridized carbons (Fsp3) is 0.571. The molecule has 1 aromatic carbocycles. The number of rotatable bonds is 6. The lowest BCUT2D eigenvalue weighted by Gasteiger charge is -2.12. The topological polar surface area (TPSA) is 47.3 Å². The molecule has 3 heteroatoms. The van der Waals surface area contributed by atoms with E-state index in [2.05, 4.69) is 5.32 Å². The highest BCUT2D eigenvalue weighted by molar-refractivity contribution is 5.28. The second-order valence-electron chi connectivity index (χ2n) is 4.64. The molecule has 17 heavy (non-hydrogen) atoms. The van der Waals surface area contributed by atoms with Gasteiger partial charge < -0.3 is 15.8 Å². The summed E-state index contributed by atoms with van der Waals surface area (Å²) >= 11 is 0. The van der Waals surface area contributed by atoms with Gasteiger partial charge in [0.1, 0.15) is 12.4 Å². The molecule has 3 nitrogen and oxygen atoms in total. The smallest absolute Gasteiger partial charge is 0.119 e. The van der Waals surface area contributed by atoms with E-state index < -0.39 is 0 Å². The monoisotopic (exact) mass is 234 g/mol. The van der Waals surface area contributed by atoms with E-state index in [1.807, 2.05) is 24.3 Å². The molecule has 0 amide bonds. The summed E-state index contributed by atoms with van der Waals surface area (Å²) in [6, 6.07) is 8.71. The van der Waals surface area contributed by atoms with E-state index in [4.69, 9.17) is 10.5 Å².